The molecule has 1 saturated carbocycles. The lowest BCUT2D eigenvalue weighted by molar-refractivity contribution is -0.157. The molecule has 0 radical (unpaired) electrons. The third kappa shape index (κ3) is 9.92. The molecule has 16 heteroatoms. The average Bonchev–Trinajstić information content (AvgIpc) is 3.61. The van der Waals surface area contributed by atoms with Crippen LogP contribution in [0, 0.1) is 17.8 Å². The van der Waals surface area contributed by atoms with E-state index in [0.717, 1.165) is 34.9 Å². The molecule has 1 aliphatic carbocycles. The van der Waals surface area contributed by atoms with E-state index in [4.69, 9.17) is 14.0 Å². The molecule has 9 rings (SSSR count). The molecule has 4 saturated heterocycles. The van der Waals surface area contributed by atoms with Crippen LogP contribution in [0.15, 0.2) is 84.9 Å². The van der Waals surface area contributed by atoms with Gasteiger partial charge in [-0.25, -0.2) is 5.09 Å². The van der Waals surface area contributed by atoms with Crippen molar-refractivity contribution < 1.29 is 42.5 Å². The number of para-hydroxylation sites is 1. The lowest BCUT2D eigenvalue weighted by Crippen LogP contribution is -2.62. The van der Waals surface area contributed by atoms with Crippen LogP contribution in [0.1, 0.15) is 66.8 Å². The number of hydrogen-bond donors (Lipinski definition) is 2. The molecule has 4 aromatic rings. The van der Waals surface area contributed by atoms with Crippen LogP contribution in [0.4, 0.5) is 0 Å². The number of thiophene rings is 1. The Labute approximate surface area is 377 Å². The fourth-order valence-corrected chi connectivity index (χ4v) is 12.8. The number of hydrogen-bond acceptors (Lipinski definition) is 10. The highest BCUT2D eigenvalue weighted by Crippen LogP contribution is 2.50. The molecule has 0 spiro atoms. The molecule has 64 heavy (non-hydrogen) atoms. The Morgan fingerprint density at radius 2 is 1.56 bits per heavy atom. The van der Waals surface area contributed by atoms with Gasteiger partial charge in [0.25, 0.3) is 5.91 Å². The van der Waals surface area contributed by atoms with E-state index in [0.29, 0.717) is 80.3 Å². The number of morpholine rings is 1. The van der Waals surface area contributed by atoms with Gasteiger partial charge < -0.3 is 34.0 Å². The molecular weight excluding hydrogens is 854 g/mol. The summed E-state index contributed by atoms with van der Waals surface area (Å²) in [5.41, 5.74) is 1.53. The van der Waals surface area contributed by atoms with Crippen molar-refractivity contribution in [2.24, 2.45) is 17.8 Å². The number of nitrogens with zero attached hydrogens (tertiary/aromatic N) is 3. The van der Waals surface area contributed by atoms with E-state index in [1.807, 2.05) is 59.5 Å². The van der Waals surface area contributed by atoms with Gasteiger partial charge in [0, 0.05) is 36.9 Å². The largest absolute Gasteiger partial charge is 0.462 e. The molecule has 1 aromatic heterocycles. The second kappa shape index (κ2) is 18.8. The molecule has 7 atom stereocenters. The lowest BCUT2D eigenvalue weighted by atomic mass is 9.96. The number of benzene rings is 3. The summed E-state index contributed by atoms with van der Waals surface area (Å²) in [5, 5.41) is 6.93. The van der Waals surface area contributed by atoms with E-state index in [1.54, 1.807) is 54.0 Å². The highest BCUT2D eigenvalue weighted by atomic mass is 32.1. The standard InChI is InChI=1S/C48H56N5O9PS/c1-30(2)61-48(58)40(22-31-9-5-3-6-10-31)50-63(59,62-38-11-7-4-8-12-38)29-32-13-16-42-35(21-32)26-43(64-42)44(54)49-39-25-34-23-33(34)24-37-14-15-41(53(37)46(39)56)47(57)52-27-36(28-52)45(55)51-17-19-60-20-18-51/h3-13,16,21,26,30,33-34,36-37,39-41H,14-15,17-20,22-25,27-29H2,1-2H3,(H,49,54)(H,50,59)/t33-,34+,37-,39?,40+,41+,63?/m1/s1. The second-order valence-corrected chi connectivity index (χ2v) is 21.4. The minimum Gasteiger partial charge on any atom is -0.462 e. The number of fused-ring (bicyclic) bond motifs is 3. The Morgan fingerprint density at radius 1 is 0.844 bits per heavy atom. The minimum absolute atomic E-state index is 0.0569. The summed E-state index contributed by atoms with van der Waals surface area (Å²) in [6, 6.07) is 23.2. The molecule has 3 aromatic carbocycles. The summed E-state index contributed by atoms with van der Waals surface area (Å²) in [6.45, 7) is 6.42. The molecule has 5 heterocycles. The zero-order chi connectivity index (χ0) is 44.5. The van der Waals surface area contributed by atoms with Crippen molar-refractivity contribution in [3.63, 3.8) is 0 Å². The molecule has 2 unspecified atom stereocenters. The van der Waals surface area contributed by atoms with Gasteiger partial charge in [0.1, 0.15) is 23.9 Å². The Balaban J connectivity index is 0.896. The van der Waals surface area contributed by atoms with Crippen molar-refractivity contribution in [1.29, 1.82) is 0 Å². The van der Waals surface area contributed by atoms with Crippen LogP contribution in [0.5, 0.6) is 5.75 Å². The van der Waals surface area contributed by atoms with Crippen molar-refractivity contribution >= 4 is 58.5 Å². The second-order valence-electron chi connectivity index (χ2n) is 18.2. The number of carbonyl (C=O) groups is 5. The van der Waals surface area contributed by atoms with Crippen molar-refractivity contribution in [1.82, 2.24) is 25.1 Å². The Bertz CT molecular complexity index is 2420. The van der Waals surface area contributed by atoms with Gasteiger partial charge >= 0.3 is 13.5 Å². The lowest BCUT2D eigenvalue weighted by Gasteiger charge is -2.44. The first-order valence-corrected chi connectivity index (χ1v) is 25.2. The third-order valence-corrected chi connectivity index (χ3v) is 16.3. The number of amides is 4. The van der Waals surface area contributed by atoms with Gasteiger partial charge in [-0.1, -0.05) is 54.6 Å². The van der Waals surface area contributed by atoms with Crippen molar-refractivity contribution in [3.8, 4) is 5.75 Å². The van der Waals surface area contributed by atoms with E-state index < -0.39 is 31.6 Å². The number of carbonyl (C=O) groups excluding carboxylic acids is 5. The number of likely N-dealkylation sites (tertiary alicyclic amines) is 1. The van der Waals surface area contributed by atoms with E-state index in [2.05, 4.69) is 10.4 Å². The van der Waals surface area contributed by atoms with Gasteiger partial charge in [-0.3, -0.25) is 28.5 Å². The topological polar surface area (TPSA) is 164 Å². The van der Waals surface area contributed by atoms with E-state index in [1.165, 1.54) is 11.3 Å². The molecule has 2 N–H and O–H groups in total. The monoisotopic (exact) mass is 909 g/mol. The zero-order valence-electron chi connectivity index (χ0n) is 36.3. The van der Waals surface area contributed by atoms with Gasteiger partial charge in [0.15, 0.2) is 0 Å². The molecule has 0 bridgehead atoms. The van der Waals surface area contributed by atoms with Gasteiger partial charge in [-0.2, -0.15) is 0 Å². The van der Waals surface area contributed by atoms with Crippen molar-refractivity contribution in [2.45, 2.75) is 88.8 Å². The molecule has 14 nitrogen and oxygen atoms in total. The van der Waals surface area contributed by atoms with E-state index in [9.17, 15) is 28.5 Å². The van der Waals surface area contributed by atoms with Gasteiger partial charge in [-0.05, 0) is 111 Å². The molecule has 338 valence electrons. The fourth-order valence-electron chi connectivity index (χ4n) is 9.81. The maximum absolute atomic E-state index is 14.9. The summed E-state index contributed by atoms with van der Waals surface area (Å²) >= 11 is 1.31. The van der Waals surface area contributed by atoms with Crippen LogP contribution in [-0.2, 0) is 45.8 Å². The Kier molecular flexibility index (Phi) is 13.0. The number of rotatable bonds is 14. The normalized spacial score (nSPS) is 24.7. The smallest absolute Gasteiger partial charge is 0.324 e. The minimum atomic E-state index is -3.84. The molecular formula is C48H56N5O9PS. The molecule has 4 amide bonds. The zero-order valence-corrected chi connectivity index (χ0v) is 38.0. The SMILES string of the molecule is CC(C)OC(=O)[C@H](Cc1ccccc1)NP(=O)(Cc1ccc2sc(C(=O)NC3C[C@@H]4C[C@@H]4C[C@H]4CC[C@@H](C(=O)N5CC(C(=O)N6CCOCC6)C5)N4C3=O)cc2c1)Oc1ccccc1. The van der Waals surface area contributed by atoms with Crippen LogP contribution < -0.4 is 14.9 Å². The van der Waals surface area contributed by atoms with Crippen molar-refractivity contribution in [3.05, 3.63) is 101 Å². The first kappa shape index (κ1) is 44.1. The van der Waals surface area contributed by atoms with Crippen LogP contribution >= 0.6 is 18.9 Å². The number of ether oxygens (including phenoxy) is 2. The van der Waals surface area contributed by atoms with Crippen molar-refractivity contribution in [2.75, 3.05) is 39.4 Å². The van der Waals surface area contributed by atoms with Crippen LogP contribution in [-0.4, -0.2) is 114 Å². The van der Waals surface area contributed by atoms with Gasteiger partial charge in [-0.15, -0.1) is 11.3 Å². The van der Waals surface area contributed by atoms with E-state index in [-0.39, 0.29) is 54.3 Å². The van der Waals surface area contributed by atoms with Gasteiger partial charge in [0.05, 0.1) is 36.3 Å². The highest BCUT2D eigenvalue weighted by Gasteiger charge is 2.53. The quantitative estimate of drug-likeness (QED) is 0.113. The predicted molar refractivity (Wildman–Crippen MR) is 242 cm³/mol. The maximum Gasteiger partial charge on any atom is 0.324 e. The predicted octanol–water partition coefficient (Wildman–Crippen LogP) is 6.03. The Morgan fingerprint density at radius 3 is 2.30 bits per heavy atom. The summed E-state index contributed by atoms with van der Waals surface area (Å²) in [6.07, 6.45) is 3.49. The molecule has 4 aliphatic heterocycles. The maximum atomic E-state index is 14.9. The highest BCUT2D eigenvalue weighted by molar-refractivity contribution is 7.56. The van der Waals surface area contributed by atoms with Crippen LogP contribution in [0.25, 0.3) is 10.1 Å². The molecule has 5 fully saturated rings. The fraction of sp³-hybridized carbons (Fsp3) is 0.479. The Hall–Kier alpha value is -5.08. The summed E-state index contributed by atoms with van der Waals surface area (Å²) in [4.78, 5) is 74.8. The summed E-state index contributed by atoms with van der Waals surface area (Å²) < 4.78 is 33.0. The third-order valence-electron chi connectivity index (χ3n) is 13.2. The molecule has 5 aliphatic rings. The summed E-state index contributed by atoms with van der Waals surface area (Å²) in [5.74, 6) is -0.220. The summed E-state index contributed by atoms with van der Waals surface area (Å²) in [7, 11) is -3.84. The first-order valence-electron chi connectivity index (χ1n) is 22.6. The number of esters is 1. The van der Waals surface area contributed by atoms with Gasteiger partial charge in [0.2, 0.25) is 17.7 Å². The van der Waals surface area contributed by atoms with Crippen LogP contribution in [0.2, 0.25) is 0 Å². The number of nitrogens with one attached hydrogen (secondary N) is 2. The first-order chi connectivity index (χ1) is 30.9. The van der Waals surface area contributed by atoms with Crippen LogP contribution in [0.3, 0.4) is 0 Å². The van der Waals surface area contributed by atoms with E-state index >= 15 is 0 Å². The average molecular weight is 910 g/mol.